The monoisotopic (exact) mass is 350 g/mol. The number of carbonyl (C=O) groups excluding carboxylic acids is 3. The van der Waals surface area contributed by atoms with Crippen molar-refractivity contribution in [2.75, 3.05) is 41.5 Å². The van der Waals surface area contributed by atoms with Gasteiger partial charge in [0.15, 0.2) is 6.61 Å². The highest BCUT2D eigenvalue weighted by molar-refractivity contribution is 5.90. The second kappa shape index (κ2) is 9.96. The second-order valence-electron chi connectivity index (χ2n) is 4.97. The quantitative estimate of drug-likeness (QED) is 0.541. The minimum atomic E-state index is -0.681. The number of carbonyl (C=O) groups is 3. The van der Waals surface area contributed by atoms with Gasteiger partial charge >= 0.3 is 5.97 Å². The van der Waals surface area contributed by atoms with E-state index in [0.717, 1.165) is 0 Å². The second-order valence-corrected chi connectivity index (χ2v) is 4.97. The summed E-state index contributed by atoms with van der Waals surface area (Å²) in [5.74, 6) is -0.313. The Labute approximate surface area is 146 Å². The molecule has 0 saturated heterocycles. The predicted octanol–water partition coefficient (Wildman–Crippen LogP) is 0.465. The maximum atomic E-state index is 11.8. The molecule has 0 unspecified atom stereocenters. The van der Waals surface area contributed by atoms with Gasteiger partial charge in [-0.3, -0.25) is 9.59 Å². The third kappa shape index (κ3) is 6.54. The summed E-state index contributed by atoms with van der Waals surface area (Å²) in [5.41, 5.74) is 0.656. The Morgan fingerprint density at radius 1 is 1.20 bits per heavy atom. The van der Waals surface area contributed by atoms with Gasteiger partial charge in [-0.25, -0.2) is 4.79 Å². The van der Waals surface area contributed by atoms with Crippen molar-refractivity contribution in [2.45, 2.75) is 0 Å². The molecule has 0 fully saturated rings. The molecule has 0 aliphatic rings. The van der Waals surface area contributed by atoms with Crippen LogP contribution in [0.5, 0.6) is 11.5 Å². The molecule has 0 bridgehead atoms. The molecule has 8 nitrogen and oxygen atoms in total. The van der Waals surface area contributed by atoms with Crippen LogP contribution in [0.15, 0.2) is 24.3 Å². The number of benzene rings is 1. The van der Waals surface area contributed by atoms with Crippen molar-refractivity contribution in [3.05, 3.63) is 29.8 Å². The van der Waals surface area contributed by atoms with Gasteiger partial charge in [-0.1, -0.05) is 0 Å². The largest absolute Gasteiger partial charge is 0.497 e. The molecule has 0 aliphatic heterocycles. The first-order chi connectivity index (χ1) is 11.9. The summed E-state index contributed by atoms with van der Waals surface area (Å²) in [5, 5.41) is 2.40. The van der Waals surface area contributed by atoms with Gasteiger partial charge in [0, 0.05) is 31.8 Å². The highest BCUT2D eigenvalue weighted by Crippen LogP contribution is 2.25. The number of rotatable bonds is 8. The van der Waals surface area contributed by atoms with Crippen LogP contribution in [0.3, 0.4) is 0 Å². The van der Waals surface area contributed by atoms with Gasteiger partial charge in [0.2, 0.25) is 5.91 Å². The SMILES string of the molecule is CNC(=O)CN(C)C(=O)COC(=O)/C=C/c1ccc(OC)cc1OC. The van der Waals surface area contributed by atoms with Crippen molar-refractivity contribution < 1.29 is 28.6 Å². The number of nitrogens with zero attached hydrogens (tertiary/aromatic N) is 1. The Morgan fingerprint density at radius 3 is 2.52 bits per heavy atom. The molecule has 0 radical (unpaired) electrons. The van der Waals surface area contributed by atoms with E-state index < -0.39 is 18.5 Å². The van der Waals surface area contributed by atoms with E-state index in [1.165, 1.54) is 38.3 Å². The zero-order valence-electron chi connectivity index (χ0n) is 14.7. The molecule has 0 aromatic heterocycles. The first-order valence-corrected chi connectivity index (χ1v) is 7.42. The van der Waals surface area contributed by atoms with Crippen LogP contribution in [0.4, 0.5) is 0 Å². The van der Waals surface area contributed by atoms with E-state index in [0.29, 0.717) is 17.1 Å². The molecule has 0 heterocycles. The summed E-state index contributed by atoms with van der Waals surface area (Å²) in [6.45, 7) is -0.553. The normalized spacial score (nSPS) is 10.2. The molecule has 0 spiro atoms. The van der Waals surface area contributed by atoms with Crippen LogP contribution in [0.1, 0.15) is 5.56 Å². The van der Waals surface area contributed by atoms with Crippen molar-refractivity contribution in [2.24, 2.45) is 0 Å². The van der Waals surface area contributed by atoms with Gasteiger partial charge in [-0.15, -0.1) is 0 Å². The van der Waals surface area contributed by atoms with E-state index >= 15 is 0 Å². The third-order valence-electron chi connectivity index (χ3n) is 3.26. The third-order valence-corrected chi connectivity index (χ3v) is 3.26. The molecular weight excluding hydrogens is 328 g/mol. The standard InChI is InChI=1S/C17H22N2O6/c1-18-15(20)10-19(2)16(21)11-25-17(22)8-6-12-5-7-13(23-3)9-14(12)24-4/h5-9H,10-11H2,1-4H3,(H,18,20)/b8-6+. The van der Waals surface area contributed by atoms with Gasteiger partial charge in [-0.2, -0.15) is 0 Å². The molecule has 0 saturated carbocycles. The molecule has 1 aromatic rings. The fourth-order valence-electron chi connectivity index (χ4n) is 1.79. The van der Waals surface area contributed by atoms with Crippen LogP contribution in [0, 0.1) is 0 Å². The number of hydrogen-bond donors (Lipinski definition) is 1. The van der Waals surface area contributed by atoms with E-state index in [4.69, 9.17) is 14.2 Å². The molecule has 1 aromatic carbocycles. The molecular formula is C17H22N2O6. The van der Waals surface area contributed by atoms with Crippen LogP contribution in [0.2, 0.25) is 0 Å². The van der Waals surface area contributed by atoms with Crippen LogP contribution in [0.25, 0.3) is 6.08 Å². The lowest BCUT2D eigenvalue weighted by Crippen LogP contribution is -2.38. The van der Waals surface area contributed by atoms with Crippen molar-refractivity contribution in [3.63, 3.8) is 0 Å². The summed E-state index contributed by atoms with van der Waals surface area (Å²) >= 11 is 0. The molecule has 0 atom stereocenters. The van der Waals surface area contributed by atoms with Crippen LogP contribution in [-0.2, 0) is 19.1 Å². The summed E-state index contributed by atoms with van der Waals surface area (Å²) in [6, 6.07) is 5.14. The summed E-state index contributed by atoms with van der Waals surface area (Å²) < 4.78 is 15.2. The first kappa shape index (κ1) is 20.0. The Hall–Kier alpha value is -3.03. The van der Waals surface area contributed by atoms with Gasteiger partial charge in [-0.05, 0) is 18.2 Å². The zero-order valence-corrected chi connectivity index (χ0v) is 14.7. The van der Waals surface area contributed by atoms with E-state index in [1.807, 2.05) is 0 Å². The van der Waals surface area contributed by atoms with Crippen molar-refractivity contribution >= 4 is 23.9 Å². The van der Waals surface area contributed by atoms with E-state index in [9.17, 15) is 14.4 Å². The first-order valence-electron chi connectivity index (χ1n) is 7.42. The Balaban J connectivity index is 2.58. The molecule has 1 rings (SSSR count). The van der Waals surface area contributed by atoms with Crippen LogP contribution < -0.4 is 14.8 Å². The minimum absolute atomic E-state index is 0.105. The van der Waals surface area contributed by atoms with E-state index in [1.54, 1.807) is 25.3 Å². The van der Waals surface area contributed by atoms with Crippen molar-refractivity contribution in [3.8, 4) is 11.5 Å². The van der Waals surface area contributed by atoms with Crippen LogP contribution in [-0.4, -0.2) is 64.2 Å². The van der Waals surface area contributed by atoms with Gasteiger partial charge in [0.25, 0.3) is 5.91 Å². The van der Waals surface area contributed by atoms with Crippen LogP contribution >= 0.6 is 0 Å². The molecule has 25 heavy (non-hydrogen) atoms. The number of ether oxygens (including phenoxy) is 3. The molecule has 1 N–H and O–H groups in total. The molecule has 136 valence electrons. The van der Waals surface area contributed by atoms with E-state index in [2.05, 4.69) is 5.32 Å². The van der Waals surface area contributed by atoms with E-state index in [-0.39, 0.29) is 12.5 Å². The lowest BCUT2D eigenvalue weighted by molar-refractivity contribution is -0.148. The number of methoxy groups -OCH3 is 2. The van der Waals surface area contributed by atoms with Gasteiger partial charge in [0.1, 0.15) is 11.5 Å². The fourth-order valence-corrected chi connectivity index (χ4v) is 1.79. The molecule has 2 amide bonds. The highest BCUT2D eigenvalue weighted by Gasteiger charge is 2.13. The molecule has 0 aliphatic carbocycles. The lowest BCUT2D eigenvalue weighted by atomic mass is 10.2. The Kier molecular flexibility index (Phi) is 7.98. The highest BCUT2D eigenvalue weighted by atomic mass is 16.5. The minimum Gasteiger partial charge on any atom is -0.497 e. The Bertz CT molecular complexity index is 657. The lowest BCUT2D eigenvalue weighted by Gasteiger charge is -2.15. The number of amides is 2. The number of esters is 1. The smallest absolute Gasteiger partial charge is 0.331 e. The Morgan fingerprint density at radius 2 is 1.92 bits per heavy atom. The van der Waals surface area contributed by atoms with Gasteiger partial charge in [0.05, 0.1) is 20.8 Å². The summed E-state index contributed by atoms with van der Waals surface area (Å²) in [7, 11) is 5.97. The fraction of sp³-hybridized carbons (Fsp3) is 0.353. The van der Waals surface area contributed by atoms with Gasteiger partial charge < -0.3 is 24.4 Å². The summed E-state index contributed by atoms with van der Waals surface area (Å²) in [4.78, 5) is 35.8. The maximum Gasteiger partial charge on any atom is 0.331 e. The topological polar surface area (TPSA) is 94.2 Å². The molecule has 8 heteroatoms. The van der Waals surface area contributed by atoms with Crippen molar-refractivity contribution in [1.82, 2.24) is 10.2 Å². The summed E-state index contributed by atoms with van der Waals surface area (Å²) in [6.07, 6.45) is 2.70. The average molecular weight is 350 g/mol. The maximum absolute atomic E-state index is 11.8. The average Bonchev–Trinajstić information content (AvgIpc) is 2.63. The number of hydrogen-bond acceptors (Lipinski definition) is 6. The van der Waals surface area contributed by atoms with Crippen molar-refractivity contribution in [1.29, 1.82) is 0 Å². The number of nitrogens with one attached hydrogen (secondary N) is 1. The number of likely N-dealkylation sites (N-methyl/N-ethyl adjacent to an activating group) is 2. The zero-order chi connectivity index (χ0) is 18.8. The predicted molar refractivity (Wildman–Crippen MR) is 91.2 cm³/mol.